The highest BCUT2D eigenvalue weighted by Gasteiger charge is 2.37. The third kappa shape index (κ3) is 2.47. The van der Waals surface area contributed by atoms with E-state index in [-0.39, 0.29) is 11.9 Å². The molecule has 6 heteroatoms. The highest BCUT2D eigenvalue weighted by atomic mass is 32.1. The van der Waals surface area contributed by atoms with Crippen LogP contribution in [0.5, 0.6) is 0 Å². The number of ether oxygens (including phenoxy) is 1. The smallest absolute Gasteiger partial charge is 0.318 e. The third-order valence-electron chi connectivity index (χ3n) is 3.78. The van der Waals surface area contributed by atoms with E-state index < -0.39 is 5.92 Å². The Morgan fingerprint density at radius 3 is 2.95 bits per heavy atom. The van der Waals surface area contributed by atoms with Crippen molar-refractivity contribution < 1.29 is 14.1 Å². The van der Waals surface area contributed by atoms with Crippen LogP contribution in [-0.2, 0) is 9.53 Å². The maximum Gasteiger partial charge on any atom is 0.318 e. The molecule has 1 unspecified atom stereocenters. The average molecular weight is 292 g/mol. The summed E-state index contributed by atoms with van der Waals surface area (Å²) in [6, 6.07) is 3.87. The first-order valence-corrected chi connectivity index (χ1v) is 7.63. The number of carbonyl (C=O) groups excluding carboxylic acids is 1. The van der Waals surface area contributed by atoms with Crippen LogP contribution in [0.15, 0.2) is 22.0 Å². The third-order valence-corrected chi connectivity index (χ3v) is 4.64. The van der Waals surface area contributed by atoms with Gasteiger partial charge in [0.1, 0.15) is 5.92 Å². The van der Waals surface area contributed by atoms with E-state index in [9.17, 15) is 4.79 Å². The molecule has 1 saturated carbocycles. The normalized spacial score (nSPS) is 17.2. The molecule has 2 aromatic rings. The van der Waals surface area contributed by atoms with E-state index in [0.717, 1.165) is 30.6 Å². The molecule has 0 aliphatic heterocycles. The minimum atomic E-state index is -0.427. The summed E-state index contributed by atoms with van der Waals surface area (Å²) >= 11 is 1.55. The summed E-state index contributed by atoms with van der Waals surface area (Å²) in [4.78, 5) is 17.4. The molecule has 1 aliphatic carbocycles. The number of aromatic nitrogens is 2. The van der Waals surface area contributed by atoms with E-state index in [0.29, 0.717) is 11.7 Å². The Hall–Kier alpha value is -1.69. The number of hydrogen-bond donors (Lipinski definition) is 0. The van der Waals surface area contributed by atoms with E-state index in [2.05, 4.69) is 10.1 Å². The quantitative estimate of drug-likeness (QED) is 0.809. The molecule has 106 valence electrons. The van der Waals surface area contributed by atoms with Crippen molar-refractivity contribution in [2.75, 3.05) is 7.11 Å². The fourth-order valence-corrected chi connectivity index (χ4v) is 3.43. The van der Waals surface area contributed by atoms with Gasteiger partial charge in [-0.2, -0.15) is 4.98 Å². The maximum atomic E-state index is 12.0. The van der Waals surface area contributed by atoms with E-state index in [1.807, 2.05) is 17.5 Å². The summed E-state index contributed by atoms with van der Waals surface area (Å²) in [6.45, 7) is 0. The number of nitrogens with zero attached hydrogens (tertiary/aromatic N) is 2. The van der Waals surface area contributed by atoms with Crippen molar-refractivity contribution >= 4 is 17.3 Å². The summed E-state index contributed by atoms with van der Waals surface area (Å²) in [7, 11) is 1.40. The van der Waals surface area contributed by atoms with Crippen molar-refractivity contribution in [2.24, 2.45) is 5.92 Å². The molecule has 0 aromatic carbocycles. The van der Waals surface area contributed by atoms with Crippen molar-refractivity contribution in [1.82, 2.24) is 10.1 Å². The van der Waals surface area contributed by atoms with Gasteiger partial charge in [-0.05, 0) is 30.2 Å². The molecule has 0 spiro atoms. The van der Waals surface area contributed by atoms with Gasteiger partial charge in [-0.3, -0.25) is 4.79 Å². The Labute approximate surface area is 121 Å². The fraction of sp³-hybridized carbons (Fsp3) is 0.500. The summed E-state index contributed by atoms with van der Waals surface area (Å²) in [5.74, 6) is 0.468. The zero-order valence-electron chi connectivity index (χ0n) is 11.2. The topological polar surface area (TPSA) is 65.2 Å². The van der Waals surface area contributed by atoms with Gasteiger partial charge in [0.15, 0.2) is 0 Å². The number of rotatable bonds is 4. The van der Waals surface area contributed by atoms with E-state index in [1.165, 1.54) is 7.11 Å². The van der Waals surface area contributed by atoms with Crippen molar-refractivity contribution in [3.63, 3.8) is 0 Å². The highest BCUT2D eigenvalue weighted by molar-refractivity contribution is 7.13. The van der Waals surface area contributed by atoms with E-state index in [1.54, 1.807) is 11.3 Å². The van der Waals surface area contributed by atoms with Gasteiger partial charge in [0.05, 0.1) is 12.0 Å². The molecular weight excluding hydrogens is 276 g/mol. The second-order valence-corrected chi connectivity index (χ2v) is 5.93. The second kappa shape index (κ2) is 5.75. The number of thiophene rings is 1. The molecular formula is C14H16N2O3S. The lowest BCUT2D eigenvalue weighted by atomic mass is 9.91. The van der Waals surface area contributed by atoms with Crippen LogP contribution in [0.3, 0.4) is 0 Å². The lowest BCUT2D eigenvalue weighted by Gasteiger charge is -2.16. The van der Waals surface area contributed by atoms with Gasteiger partial charge in [-0.1, -0.05) is 24.1 Å². The van der Waals surface area contributed by atoms with E-state index in [4.69, 9.17) is 9.26 Å². The molecule has 0 saturated heterocycles. The molecule has 1 aliphatic rings. The van der Waals surface area contributed by atoms with Crippen molar-refractivity contribution in [3.8, 4) is 10.7 Å². The zero-order valence-corrected chi connectivity index (χ0v) is 12.1. The van der Waals surface area contributed by atoms with Crippen LogP contribution >= 0.6 is 11.3 Å². The Kier molecular flexibility index (Phi) is 3.82. The lowest BCUT2D eigenvalue weighted by molar-refractivity contribution is -0.144. The van der Waals surface area contributed by atoms with Crippen LogP contribution in [0.25, 0.3) is 10.7 Å². The molecule has 3 rings (SSSR count). The fourth-order valence-electron chi connectivity index (χ4n) is 2.78. The number of esters is 1. The number of methoxy groups -OCH3 is 1. The van der Waals surface area contributed by atoms with Gasteiger partial charge in [0.2, 0.25) is 11.7 Å². The van der Waals surface area contributed by atoms with Gasteiger partial charge in [-0.25, -0.2) is 0 Å². The number of hydrogen-bond acceptors (Lipinski definition) is 6. The monoisotopic (exact) mass is 292 g/mol. The van der Waals surface area contributed by atoms with Crippen molar-refractivity contribution in [3.05, 3.63) is 23.4 Å². The van der Waals surface area contributed by atoms with Crippen LogP contribution in [0.2, 0.25) is 0 Å². The Morgan fingerprint density at radius 2 is 2.30 bits per heavy atom. The van der Waals surface area contributed by atoms with Crippen molar-refractivity contribution in [2.45, 2.75) is 31.6 Å². The van der Waals surface area contributed by atoms with Crippen LogP contribution in [0.1, 0.15) is 37.5 Å². The summed E-state index contributed by atoms with van der Waals surface area (Å²) < 4.78 is 10.2. The predicted molar refractivity (Wildman–Crippen MR) is 74.3 cm³/mol. The lowest BCUT2D eigenvalue weighted by Crippen LogP contribution is -2.21. The van der Waals surface area contributed by atoms with Crippen LogP contribution in [-0.4, -0.2) is 23.2 Å². The van der Waals surface area contributed by atoms with Crippen LogP contribution in [0.4, 0.5) is 0 Å². The molecule has 0 N–H and O–H groups in total. The molecule has 0 amide bonds. The molecule has 2 aromatic heterocycles. The first kappa shape index (κ1) is 13.3. The van der Waals surface area contributed by atoms with Gasteiger partial charge < -0.3 is 9.26 Å². The van der Waals surface area contributed by atoms with Gasteiger partial charge >= 0.3 is 5.97 Å². The Balaban J connectivity index is 1.89. The maximum absolute atomic E-state index is 12.0. The summed E-state index contributed by atoms with van der Waals surface area (Å²) in [5, 5.41) is 5.94. The molecule has 0 bridgehead atoms. The molecule has 5 nitrogen and oxygen atoms in total. The minimum Gasteiger partial charge on any atom is -0.468 e. The predicted octanol–water partition coefficient (Wildman–Crippen LogP) is 3.24. The first-order valence-electron chi connectivity index (χ1n) is 6.75. The van der Waals surface area contributed by atoms with E-state index >= 15 is 0 Å². The highest BCUT2D eigenvalue weighted by Crippen LogP contribution is 2.38. The standard InChI is InChI=1S/C14H16N2O3S/c1-18-14(17)11(9-5-2-3-6-9)13-15-12(16-19-13)10-7-4-8-20-10/h4,7-9,11H,2-3,5-6H2,1H3. The number of carbonyl (C=O) groups is 1. The zero-order chi connectivity index (χ0) is 13.9. The molecule has 20 heavy (non-hydrogen) atoms. The second-order valence-electron chi connectivity index (χ2n) is 4.98. The van der Waals surface area contributed by atoms with Gasteiger partial charge in [0, 0.05) is 0 Å². The Bertz CT molecular complexity index is 573. The SMILES string of the molecule is COC(=O)C(c1nc(-c2cccs2)no1)C1CCCC1. The molecule has 1 atom stereocenters. The molecule has 1 fully saturated rings. The summed E-state index contributed by atoms with van der Waals surface area (Å²) in [6.07, 6.45) is 4.31. The minimum absolute atomic E-state index is 0.249. The largest absolute Gasteiger partial charge is 0.468 e. The molecule has 0 radical (unpaired) electrons. The van der Waals surface area contributed by atoms with Gasteiger partial charge in [-0.15, -0.1) is 11.3 Å². The first-order chi connectivity index (χ1) is 9.79. The van der Waals surface area contributed by atoms with Crippen LogP contribution < -0.4 is 0 Å². The van der Waals surface area contributed by atoms with Crippen molar-refractivity contribution in [1.29, 1.82) is 0 Å². The Morgan fingerprint density at radius 1 is 1.50 bits per heavy atom. The molecule has 2 heterocycles. The average Bonchev–Trinajstić information content (AvgIpc) is 3.20. The van der Waals surface area contributed by atoms with Gasteiger partial charge in [0.25, 0.3) is 0 Å². The summed E-state index contributed by atoms with van der Waals surface area (Å²) in [5.41, 5.74) is 0. The van der Waals surface area contributed by atoms with Crippen LogP contribution in [0, 0.1) is 5.92 Å².